The molecule has 2 heteroatoms. The zero-order chi connectivity index (χ0) is 5.28. The zero-order valence-electron chi connectivity index (χ0n) is 4.85. The smallest absolute Gasteiger partial charge is 0.111 e. The summed E-state index contributed by atoms with van der Waals surface area (Å²) in [7, 11) is 3.82. The van der Waals surface area contributed by atoms with E-state index in [1.165, 1.54) is 13.0 Å². The summed E-state index contributed by atoms with van der Waals surface area (Å²) in [4.78, 5) is 2.18. The summed E-state index contributed by atoms with van der Waals surface area (Å²) >= 11 is 0. The van der Waals surface area contributed by atoms with Crippen LogP contribution in [0.1, 0.15) is 6.42 Å². The minimum atomic E-state index is 0.417. The van der Waals surface area contributed by atoms with Crippen molar-refractivity contribution in [1.29, 1.82) is 0 Å². The van der Waals surface area contributed by atoms with Crippen LogP contribution < -0.4 is 0 Å². The average Bonchev–Trinajstić information content (AvgIpc) is 1.65. The van der Waals surface area contributed by atoms with Crippen molar-refractivity contribution in [3.63, 3.8) is 0 Å². The third-order valence-corrected chi connectivity index (χ3v) is 1.49. The fourth-order valence-electron chi connectivity index (χ4n) is 0.791. The Kier molecular flexibility index (Phi) is 1.30. The molecule has 0 N–H and O–H groups in total. The minimum absolute atomic E-state index is 0.417. The Balaban J connectivity index is 2.16. The molecule has 7 heavy (non-hydrogen) atoms. The van der Waals surface area contributed by atoms with E-state index >= 15 is 0 Å². The summed E-state index contributed by atoms with van der Waals surface area (Å²) in [6.07, 6.45) is 1.62. The molecule has 1 aliphatic rings. The second-order valence-electron chi connectivity index (χ2n) is 1.96. The van der Waals surface area contributed by atoms with Crippen molar-refractivity contribution in [2.24, 2.45) is 0 Å². The molecule has 0 spiro atoms. The molecular weight excluding hydrogens is 90.1 g/mol. The summed E-state index contributed by atoms with van der Waals surface area (Å²) in [5, 5.41) is 0. The van der Waals surface area contributed by atoms with Gasteiger partial charge in [-0.15, -0.1) is 0 Å². The van der Waals surface area contributed by atoms with Gasteiger partial charge in [0.05, 0.1) is 0 Å². The molecule has 0 saturated carbocycles. The molecule has 2 nitrogen and oxygen atoms in total. The van der Waals surface area contributed by atoms with Crippen molar-refractivity contribution in [3.05, 3.63) is 0 Å². The summed E-state index contributed by atoms with van der Waals surface area (Å²) in [5.74, 6) is 0. The van der Waals surface area contributed by atoms with Crippen molar-refractivity contribution < 1.29 is 4.74 Å². The average molecular weight is 101 g/mol. The van der Waals surface area contributed by atoms with Crippen molar-refractivity contribution in [3.8, 4) is 0 Å². The second-order valence-corrected chi connectivity index (χ2v) is 1.96. The Morgan fingerprint density at radius 1 is 1.71 bits per heavy atom. The fourth-order valence-corrected chi connectivity index (χ4v) is 0.791. The van der Waals surface area contributed by atoms with Gasteiger partial charge in [0.2, 0.25) is 0 Å². The first-order valence-corrected chi connectivity index (χ1v) is 2.57. The van der Waals surface area contributed by atoms with Gasteiger partial charge in [-0.2, -0.15) is 0 Å². The highest BCUT2D eigenvalue weighted by molar-refractivity contribution is 4.69. The lowest BCUT2D eigenvalue weighted by atomic mass is 10.2. The Bertz CT molecular complexity index is 63.1. The monoisotopic (exact) mass is 101 g/mol. The van der Waals surface area contributed by atoms with E-state index in [2.05, 4.69) is 11.9 Å². The molecule has 0 aromatic carbocycles. The van der Waals surface area contributed by atoms with Crippen LogP contribution in [0.2, 0.25) is 0 Å². The van der Waals surface area contributed by atoms with Crippen LogP contribution in [0.25, 0.3) is 0 Å². The quantitative estimate of drug-likeness (QED) is 0.471. The normalized spacial score (nSPS) is 32.6. The molecule has 0 aliphatic carbocycles. The SMILES string of the molecule is COC1CCN1C. The van der Waals surface area contributed by atoms with Gasteiger partial charge in [0.1, 0.15) is 6.23 Å². The molecule has 1 saturated heterocycles. The summed E-state index contributed by atoms with van der Waals surface area (Å²) in [5.41, 5.74) is 0. The Hall–Kier alpha value is -0.0800. The van der Waals surface area contributed by atoms with E-state index in [0.29, 0.717) is 6.23 Å². The van der Waals surface area contributed by atoms with E-state index in [1.807, 2.05) is 0 Å². The minimum Gasteiger partial charge on any atom is -0.366 e. The standard InChI is InChI=1S/C5H11NO/c1-6-4-3-5(6)7-2/h5H,3-4H2,1-2H3. The van der Waals surface area contributed by atoms with Crippen molar-refractivity contribution in [1.82, 2.24) is 4.90 Å². The largest absolute Gasteiger partial charge is 0.366 e. The van der Waals surface area contributed by atoms with Gasteiger partial charge in [0.25, 0.3) is 0 Å². The van der Waals surface area contributed by atoms with Gasteiger partial charge >= 0.3 is 0 Å². The molecule has 1 unspecified atom stereocenters. The number of likely N-dealkylation sites (tertiary alicyclic amines) is 1. The van der Waals surface area contributed by atoms with Gasteiger partial charge in [-0.25, -0.2) is 0 Å². The van der Waals surface area contributed by atoms with Gasteiger partial charge in [-0.05, 0) is 13.5 Å². The third-order valence-electron chi connectivity index (χ3n) is 1.49. The second kappa shape index (κ2) is 1.80. The van der Waals surface area contributed by atoms with Crippen molar-refractivity contribution in [2.45, 2.75) is 12.6 Å². The van der Waals surface area contributed by atoms with Gasteiger partial charge < -0.3 is 4.74 Å². The molecule has 0 aromatic rings. The van der Waals surface area contributed by atoms with Crippen molar-refractivity contribution >= 4 is 0 Å². The molecule has 0 bridgehead atoms. The van der Waals surface area contributed by atoms with Crippen LogP contribution in [0.15, 0.2) is 0 Å². The lowest BCUT2D eigenvalue weighted by molar-refractivity contribution is -0.0852. The number of rotatable bonds is 1. The molecule has 1 atom stereocenters. The van der Waals surface area contributed by atoms with Crippen LogP contribution in [0, 0.1) is 0 Å². The molecule has 1 rings (SSSR count). The van der Waals surface area contributed by atoms with Gasteiger partial charge in [-0.3, -0.25) is 4.90 Å². The van der Waals surface area contributed by atoms with E-state index in [9.17, 15) is 0 Å². The highest BCUT2D eigenvalue weighted by atomic mass is 16.5. The Labute approximate surface area is 44.1 Å². The topological polar surface area (TPSA) is 12.5 Å². The van der Waals surface area contributed by atoms with E-state index < -0.39 is 0 Å². The Morgan fingerprint density at radius 3 is 2.43 bits per heavy atom. The first-order chi connectivity index (χ1) is 3.34. The lowest BCUT2D eigenvalue weighted by Gasteiger charge is -2.35. The van der Waals surface area contributed by atoms with Gasteiger partial charge in [0.15, 0.2) is 0 Å². The van der Waals surface area contributed by atoms with Gasteiger partial charge in [-0.1, -0.05) is 0 Å². The molecule has 1 aliphatic heterocycles. The predicted octanol–water partition coefficient (Wildman–Crippen LogP) is 0.294. The van der Waals surface area contributed by atoms with Crippen LogP contribution in [0.3, 0.4) is 0 Å². The van der Waals surface area contributed by atoms with Crippen LogP contribution in [-0.2, 0) is 4.74 Å². The maximum absolute atomic E-state index is 5.02. The molecule has 0 amide bonds. The number of ether oxygens (including phenoxy) is 1. The maximum atomic E-state index is 5.02. The van der Waals surface area contributed by atoms with E-state index in [0.717, 1.165) is 0 Å². The van der Waals surface area contributed by atoms with Crippen molar-refractivity contribution in [2.75, 3.05) is 20.7 Å². The third kappa shape index (κ3) is 0.763. The van der Waals surface area contributed by atoms with Gasteiger partial charge in [0, 0.05) is 13.7 Å². The Morgan fingerprint density at radius 2 is 2.43 bits per heavy atom. The highest BCUT2D eigenvalue weighted by Gasteiger charge is 2.22. The van der Waals surface area contributed by atoms with Crippen LogP contribution in [0.4, 0.5) is 0 Å². The number of hydrogen-bond donors (Lipinski definition) is 0. The van der Waals surface area contributed by atoms with E-state index in [-0.39, 0.29) is 0 Å². The summed E-state index contributed by atoms with van der Waals surface area (Å²) in [6, 6.07) is 0. The number of methoxy groups -OCH3 is 1. The zero-order valence-corrected chi connectivity index (χ0v) is 4.85. The van der Waals surface area contributed by atoms with E-state index in [4.69, 9.17) is 4.74 Å². The number of hydrogen-bond acceptors (Lipinski definition) is 2. The first kappa shape index (κ1) is 5.06. The van der Waals surface area contributed by atoms with Crippen LogP contribution in [0.5, 0.6) is 0 Å². The summed E-state index contributed by atoms with van der Waals surface area (Å²) in [6.45, 7) is 1.19. The fraction of sp³-hybridized carbons (Fsp3) is 1.00. The maximum Gasteiger partial charge on any atom is 0.111 e. The molecule has 42 valence electrons. The molecular formula is C5H11NO. The number of nitrogens with zero attached hydrogens (tertiary/aromatic N) is 1. The van der Waals surface area contributed by atoms with E-state index in [1.54, 1.807) is 7.11 Å². The molecule has 0 radical (unpaired) electrons. The first-order valence-electron chi connectivity index (χ1n) is 2.57. The van der Waals surface area contributed by atoms with Crippen LogP contribution >= 0.6 is 0 Å². The molecule has 1 fully saturated rings. The summed E-state index contributed by atoms with van der Waals surface area (Å²) < 4.78 is 5.02. The molecule has 1 heterocycles. The lowest BCUT2D eigenvalue weighted by Crippen LogP contribution is -2.45. The van der Waals surface area contributed by atoms with Crippen LogP contribution in [-0.4, -0.2) is 31.8 Å². The predicted molar refractivity (Wildman–Crippen MR) is 28.0 cm³/mol. The molecule has 0 aromatic heterocycles. The highest BCUT2D eigenvalue weighted by Crippen LogP contribution is 2.13.